The molecule has 0 aliphatic carbocycles. The van der Waals surface area contributed by atoms with E-state index in [1.54, 1.807) is 31.4 Å². The van der Waals surface area contributed by atoms with Gasteiger partial charge in [0.25, 0.3) is 0 Å². The summed E-state index contributed by atoms with van der Waals surface area (Å²) >= 11 is 0. The molecule has 3 rings (SSSR count). The third kappa shape index (κ3) is 6.59. The Labute approximate surface area is 171 Å². The third-order valence-electron chi connectivity index (χ3n) is 4.57. The summed E-state index contributed by atoms with van der Waals surface area (Å²) in [5.41, 5.74) is 1.71. The molecule has 0 radical (unpaired) electrons. The average Bonchev–Trinajstić information content (AvgIpc) is 2.75. The van der Waals surface area contributed by atoms with Gasteiger partial charge in [-0.2, -0.15) is 0 Å². The number of methoxy groups -OCH3 is 1. The molecule has 1 N–H and O–H groups in total. The highest BCUT2D eigenvalue weighted by Gasteiger charge is 2.15. The molecule has 29 heavy (non-hydrogen) atoms. The Morgan fingerprint density at radius 1 is 0.862 bits per heavy atom. The van der Waals surface area contributed by atoms with Gasteiger partial charge in [0.05, 0.1) is 7.11 Å². The van der Waals surface area contributed by atoms with Gasteiger partial charge in [-0.25, -0.2) is 4.39 Å². The number of aliphatic hydroxyl groups is 1. The number of hydrogen-bond donors (Lipinski definition) is 1. The van der Waals surface area contributed by atoms with Gasteiger partial charge in [-0.15, -0.1) is 0 Å². The van der Waals surface area contributed by atoms with Crippen molar-refractivity contribution >= 4 is 0 Å². The molecule has 4 nitrogen and oxygen atoms in total. The van der Waals surface area contributed by atoms with E-state index in [-0.39, 0.29) is 12.4 Å². The molecule has 3 aromatic carbocycles. The Morgan fingerprint density at radius 2 is 1.52 bits per heavy atom. The van der Waals surface area contributed by atoms with E-state index in [0.717, 1.165) is 11.3 Å². The zero-order valence-electron chi connectivity index (χ0n) is 16.5. The summed E-state index contributed by atoms with van der Waals surface area (Å²) < 4.78 is 24.9. The van der Waals surface area contributed by atoms with Gasteiger partial charge in [0, 0.05) is 25.2 Å². The smallest absolute Gasteiger partial charge is 0.127 e. The molecule has 0 saturated carbocycles. The summed E-state index contributed by atoms with van der Waals surface area (Å²) in [6, 6.07) is 23.9. The Balaban J connectivity index is 1.62. The van der Waals surface area contributed by atoms with Crippen LogP contribution in [0.5, 0.6) is 11.5 Å². The van der Waals surface area contributed by atoms with Crippen LogP contribution in [0, 0.1) is 5.82 Å². The number of ether oxygens (including phenoxy) is 2. The fraction of sp³-hybridized carbons (Fsp3) is 0.250. The van der Waals surface area contributed by atoms with Gasteiger partial charge < -0.3 is 14.6 Å². The monoisotopic (exact) mass is 395 g/mol. The summed E-state index contributed by atoms with van der Waals surface area (Å²) in [6.07, 6.45) is -0.715. The minimum absolute atomic E-state index is 0.148. The maximum atomic E-state index is 14.1. The summed E-state index contributed by atoms with van der Waals surface area (Å²) in [6.45, 7) is 1.52. The molecule has 0 amide bonds. The van der Waals surface area contributed by atoms with Crippen LogP contribution < -0.4 is 9.47 Å². The van der Waals surface area contributed by atoms with E-state index in [2.05, 4.69) is 0 Å². The molecule has 5 heteroatoms. The first-order valence-electron chi connectivity index (χ1n) is 9.58. The largest absolute Gasteiger partial charge is 0.497 e. The summed E-state index contributed by atoms with van der Waals surface area (Å²) in [5.74, 6) is 1.17. The van der Waals surface area contributed by atoms with Crippen LogP contribution in [0.3, 0.4) is 0 Å². The second-order valence-corrected chi connectivity index (χ2v) is 6.89. The van der Waals surface area contributed by atoms with Gasteiger partial charge in [0.1, 0.15) is 30.0 Å². The molecule has 0 unspecified atom stereocenters. The second-order valence-electron chi connectivity index (χ2n) is 6.89. The molecule has 0 fully saturated rings. The number of aliphatic hydroxyl groups excluding tert-OH is 1. The number of halogens is 1. The maximum Gasteiger partial charge on any atom is 0.127 e. The van der Waals surface area contributed by atoms with Gasteiger partial charge in [0.2, 0.25) is 0 Å². The number of rotatable bonds is 10. The number of benzene rings is 3. The van der Waals surface area contributed by atoms with Crippen molar-refractivity contribution in [2.75, 3.05) is 20.3 Å². The Kier molecular flexibility index (Phi) is 7.61. The normalized spacial score (nSPS) is 12.0. The maximum absolute atomic E-state index is 14.1. The van der Waals surface area contributed by atoms with Crippen molar-refractivity contribution in [2.45, 2.75) is 19.2 Å². The Hall–Kier alpha value is -2.89. The first kappa shape index (κ1) is 20.8. The van der Waals surface area contributed by atoms with Crippen LogP contribution in [0.1, 0.15) is 11.1 Å². The van der Waals surface area contributed by atoms with E-state index in [4.69, 9.17) is 9.47 Å². The summed E-state index contributed by atoms with van der Waals surface area (Å²) in [5, 5.41) is 10.5. The van der Waals surface area contributed by atoms with Crippen molar-refractivity contribution in [2.24, 2.45) is 0 Å². The summed E-state index contributed by atoms with van der Waals surface area (Å²) in [7, 11) is 1.61. The minimum atomic E-state index is -0.715. The molecule has 3 aromatic rings. The predicted octanol–water partition coefficient (Wildman–Crippen LogP) is 4.28. The van der Waals surface area contributed by atoms with Crippen LogP contribution in [0.15, 0.2) is 78.9 Å². The molecule has 0 aromatic heterocycles. The average molecular weight is 395 g/mol. The van der Waals surface area contributed by atoms with Gasteiger partial charge in [0.15, 0.2) is 0 Å². The van der Waals surface area contributed by atoms with Gasteiger partial charge in [-0.05, 0) is 35.9 Å². The van der Waals surface area contributed by atoms with Crippen LogP contribution in [-0.2, 0) is 13.1 Å². The van der Waals surface area contributed by atoms with E-state index in [9.17, 15) is 9.50 Å². The highest BCUT2D eigenvalue weighted by Crippen LogP contribution is 2.18. The van der Waals surface area contributed by atoms with Crippen molar-refractivity contribution < 1.29 is 19.0 Å². The standard InChI is InChI=1S/C24H26FNO3/c1-28-22-11-13-23(14-12-22)29-18-21(27)17-26(15-19-7-3-2-4-8-19)16-20-9-5-6-10-24(20)25/h2-14,21,27H,15-18H2,1H3/t21-/m0/s1. The van der Waals surface area contributed by atoms with Crippen molar-refractivity contribution in [1.82, 2.24) is 4.90 Å². The Morgan fingerprint density at radius 3 is 2.21 bits per heavy atom. The van der Waals surface area contributed by atoms with Crippen molar-refractivity contribution in [3.05, 3.63) is 95.8 Å². The molecular weight excluding hydrogens is 369 g/mol. The van der Waals surface area contributed by atoms with Gasteiger partial charge in [-0.1, -0.05) is 48.5 Å². The van der Waals surface area contributed by atoms with Crippen LogP contribution in [0.4, 0.5) is 4.39 Å². The number of nitrogens with zero attached hydrogens (tertiary/aromatic N) is 1. The molecular formula is C24H26FNO3. The van der Waals surface area contributed by atoms with E-state index < -0.39 is 6.10 Å². The molecule has 0 bridgehead atoms. The molecule has 0 saturated heterocycles. The van der Waals surface area contributed by atoms with Crippen LogP contribution in [-0.4, -0.2) is 36.4 Å². The van der Waals surface area contributed by atoms with Crippen molar-refractivity contribution in [1.29, 1.82) is 0 Å². The van der Waals surface area contributed by atoms with E-state index in [1.165, 1.54) is 6.07 Å². The van der Waals surface area contributed by atoms with Crippen LogP contribution in [0.25, 0.3) is 0 Å². The molecule has 0 spiro atoms. The Bertz CT molecular complexity index is 871. The summed E-state index contributed by atoms with van der Waals surface area (Å²) in [4.78, 5) is 2.02. The minimum Gasteiger partial charge on any atom is -0.497 e. The SMILES string of the molecule is COc1ccc(OC[C@@H](O)CN(Cc2ccccc2)Cc2ccccc2F)cc1. The van der Waals surface area contributed by atoms with E-state index >= 15 is 0 Å². The lowest BCUT2D eigenvalue weighted by molar-refractivity contribution is 0.0624. The fourth-order valence-corrected chi connectivity index (χ4v) is 3.11. The fourth-order valence-electron chi connectivity index (χ4n) is 3.11. The highest BCUT2D eigenvalue weighted by molar-refractivity contribution is 5.31. The molecule has 0 aliphatic heterocycles. The topological polar surface area (TPSA) is 41.9 Å². The van der Waals surface area contributed by atoms with Crippen LogP contribution in [0.2, 0.25) is 0 Å². The van der Waals surface area contributed by atoms with Crippen LogP contribution >= 0.6 is 0 Å². The van der Waals surface area contributed by atoms with Gasteiger partial charge >= 0.3 is 0 Å². The lowest BCUT2D eigenvalue weighted by atomic mass is 10.1. The number of hydrogen-bond acceptors (Lipinski definition) is 4. The zero-order valence-corrected chi connectivity index (χ0v) is 16.5. The van der Waals surface area contributed by atoms with Gasteiger partial charge in [-0.3, -0.25) is 4.90 Å². The zero-order chi connectivity index (χ0) is 20.5. The second kappa shape index (κ2) is 10.6. The van der Waals surface area contributed by atoms with Crippen molar-refractivity contribution in [3.8, 4) is 11.5 Å². The first-order chi connectivity index (χ1) is 14.1. The quantitative estimate of drug-likeness (QED) is 0.557. The third-order valence-corrected chi connectivity index (χ3v) is 4.57. The lowest BCUT2D eigenvalue weighted by Gasteiger charge is -2.25. The van der Waals surface area contributed by atoms with E-state index in [1.807, 2.05) is 53.4 Å². The molecule has 0 heterocycles. The molecule has 1 atom stereocenters. The highest BCUT2D eigenvalue weighted by atomic mass is 19.1. The lowest BCUT2D eigenvalue weighted by Crippen LogP contribution is -2.35. The predicted molar refractivity (Wildman–Crippen MR) is 111 cm³/mol. The van der Waals surface area contributed by atoms with Crippen molar-refractivity contribution in [3.63, 3.8) is 0 Å². The first-order valence-corrected chi connectivity index (χ1v) is 9.58. The van der Waals surface area contributed by atoms with E-state index in [0.29, 0.717) is 30.9 Å². The molecule has 0 aliphatic rings. The molecule has 152 valence electrons.